The van der Waals surface area contributed by atoms with E-state index < -0.39 is 5.97 Å². The van der Waals surface area contributed by atoms with Crippen LogP contribution in [0.15, 0.2) is 0 Å². The Morgan fingerprint density at radius 1 is 1.36 bits per heavy atom. The standard InChI is InChI=1S/C8H17NO3.C2H6/c1-3-9(6-7-12-2)5-4-8(10)11;1-2/h3-7H2,1-2H3,(H,10,11);1-2H3. The van der Waals surface area contributed by atoms with E-state index in [1.165, 1.54) is 0 Å². The highest BCUT2D eigenvalue weighted by Gasteiger charge is 2.03. The highest BCUT2D eigenvalue weighted by atomic mass is 16.5. The molecule has 0 aromatic carbocycles. The second kappa shape index (κ2) is 12.4. The van der Waals surface area contributed by atoms with Crippen molar-refractivity contribution in [1.29, 1.82) is 0 Å². The zero-order valence-electron chi connectivity index (χ0n) is 9.75. The predicted octanol–water partition coefficient (Wildman–Crippen LogP) is 1.46. The van der Waals surface area contributed by atoms with Gasteiger partial charge in [0.25, 0.3) is 0 Å². The Labute approximate surface area is 86.9 Å². The molecule has 0 atom stereocenters. The average Bonchev–Trinajstić information content (AvgIpc) is 2.21. The number of likely N-dealkylation sites (N-methyl/N-ethyl adjacent to an activating group) is 1. The third-order valence-electron chi connectivity index (χ3n) is 1.70. The summed E-state index contributed by atoms with van der Waals surface area (Å²) in [5.41, 5.74) is 0. The lowest BCUT2D eigenvalue weighted by atomic mass is 10.4. The first kappa shape index (κ1) is 15.8. The molecular weight excluding hydrogens is 182 g/mol. The van der Waals surface area contributed by atoms with Gasteiger partial charge in [0.1, 0.15) is 0 Å². The molecule has 4 nitrogen and oxygen atoms in total. The Morgan fingerprint density at radius 2 is 1.93 bits per heavy atom. The van der Waals surface area contributed by atoms with E-state index in [-0.39, 0.29) is 6.42 Å². The van der Waals surface area contributed by atoms with Crippen LogP contribution in [0, 0.1) is 0 Å². The SMILES string of the molecule is CC.CCN(CCOC)CCC(=O)O. The summed E-state index contributed by atoms with van der Waals surface area (Å²) in [7, 11) is 1.64. The lowest BCUT2D eigenvalue weighted by molar-refractivity contribution is -0.137. The number of rotatable bonds is 7. The van der Waals surface area contributed by atoms with Crippen molar-refractivity contribution in [3.63, 3.8) is 0 Å². The monoisotopic (exact) mass is 205 g/mol. The molecule has 14 heavy (non-hydrogen) atoms. The van der Waals surface area contributed by atoms with Crippen LogP contribution in [0.2, 0.25) is 0 Å². The van der Waals surface area contributed by atoms with Gasteiger partial charge in [0, 0.05) is 20.2 Å². The van der Waals surface area contributed by atoms with Crippen molar-refractivity contribution in [2.75, 3.05) is 33.4 Å². The van der Waals surface area contributed by atoms with Crippen molar-refractivity contribution < 1.29 is 14.6 Å². The summed E-state index contributed by atoms with van der Waals surface area (Å²) >= 11 is 0. The number of methoxy groups -OCH3 is 1. The van der Waals surface area contributed by atoms with E-state index in [0.717, 1.165) is 13.1 Å². The lowest BCUT2D eigenvalue weighted by Gasteiger charge is -2.18. The van der Waals surface area contributed by atoms with Crippen LogP contribution in [0.25, 0.3) is 0 Å². The number of nitrogens with zero attached hydrogens (tertiary/aromatic N) is 1. The molecule has 0 saturated carbocycles. The van der Waals surface area contributed by atoms with Gasteiger partial charge in [0.05, 0.1) is 13.0 Å². The Hall–Kier alpha value is -0.610. The Morgan fingerprint density at radius 3 is 2.29 bits per heavy atom. The maximum absolute atomic E-state index is 10.2. The molecule has 0 rings (SSSR count). The molecule has 86 valence electrons. The molecule has 0 spiro atoms. The van der Waals surface area contributed by atoms with E-state index in [4.69, 9.17) is 9.84 Å². The fraction of sp³-hybridized carbons (Fsp3) is 0.900. The van der Waals surface area contributed by atoms with Crippen molar-refractivity contribution >= 4 is 5.97 Å². The van der Waals surface area contributed by atoms with Crippen LogP contribution >= 0.6 is 0 Å². The van der Waals surface area contributed by atoms with E-state index in [0.29, 0.717) is 13.2 Å². The van der Waals surface area contributed by atoms with Crippen LogP contribution in [0.1, 0.15) is 27.2 Å². The van der Waals surface area contributed by atoms with Gasteiger partial charge in [-0.25, -0.2) is 0 Å². The molecule has 0 unspecified atom stereocenters. The molecule has 4 heteroatoms. The highest BCUT2D eigenvalue weighted by Crippen LogP contribution is 1.91. The fourth-order valence-electron chi connectivity index (χ4n) is 0.902. The van der Waals surface area contributed by atoms with Crippen LogP contribution in [0.3, 0.4) is 0 Å². The quantitative estimate of drug-likeness (QED) is 0.683. The van der Waals surface area contributed by atoms with Gasteiger partial charge in [0.2, 0.25) is 0 Å². The zero-order valence-corrected chi connectivity index (χ0v) is 9.75. The summed E-state index contributed by atoms with van der Waals surface area (Å²) < 4.78 is 4.89. The third-order valence-corrected chi connectivity index (χ3v) is 1.70. The molecule has 0 aromatic heterocycles. The molecule has 1 N–H and O–H groups in total. The van der Waals surface area contributed by atoms with Crippen molar-refractivity contribution in [3.8, 4) is 0 Å². The molecule has 0 aliphatic heterocycles. The molecule has 0 heterocycles. The summed E-state index contributed by atoms with van der Waals surface area (Å²) in [4.78, 5) is 12.3. The summed E-state index contributed by atoms with van der Waals surface area (Å²) in [6, 6.07) is 0. The van der Waals surface area contributed by atoms with E-state index in [9.17, 15) is 4.79 Å². The minimum Gasteiger partial charge on any atom is -0.481 e. The van der Waals surface area contributed by atoms with Gasteiger partial charge in [0.15, 0.2) is 0 Å². The van der Waals surface area contributed by atoms with Gasteiger partial charge in [-0.05, 0) is 6.54 Å². The smallest absolute Gasteiger partial charge is 0.304 e. The maximum atomic E-state index is 10.2. The van der Waals surface area contributed by atoms with Crippen LogP contribution < -0.4 is 0 Å². The topological polar surface area (TPSA) is 49.8 Å². The number of carboxylic acids is 1. The number of carbonyl (C=O) groups is 1. The van der Waals surface area contributed by atoms with E-state index in [2.05, 4.69) is 4.90 Å². The minimum atomic E-state index is -0.745. The van der Waals surface area contributed by atoms with Crippen LogP contribution in [-0.4, -0.2) is 49.3 Å². The Balaban J connectivity index is 0. The Kier molecular flexibility index (Phi) is 14.0. The second-order valence-electron chi connectivity index (χ2n) is 2.57. The van der Waals surface area contributed by atoms with Gasteiger partial charge >= 0.3 is 5.97 Å². The number of hydrogen-bond donors (Lipinski definition) is 1. The first-order valence-corrected chi connectivity index (χ1v) is 5.13. The van der Waals surface area contributed by atoms with Crippen LogP contribution in [0.4, 0.5) is 0 Å². The second-order valence-corrected chi connectivity index (χ2v) is 2.57. The molecule has 0 saturated heterocycles. The van der Waals surface area contributed by atoms with Gasteiger partial charge in [-0.3, -0.25) is 4.79 Å². The lowest BCUT2D eigenvalue weighted by Crippen LogP contribution is -2.29. The van der Waals surface area contributed by atoms with E-state index in [1.54, 1.807) is 7.11 Å². The third kappa shape index (κ3) is 11.4. The molecule has 0 aliphatic carbocycles. The number of ether oxygens (including phenoxy) is 1. The molecule has 0 bridgehead atoms. The summed E-state index contributed by atoms with van der Waals surface area (Å²) in [6.07, 6.45) is 0.206. The predicted molar refractivity (Wildman–Crippen MR) is 57.6 cm³/mol. The summed E-state index contributed by atoms with van der Waals surface area (Å²) in [5.74, 6) is -0.745. The van der Waals surface area contributed by atoms with Crippen molar-refractivity contribution in [2.24, 2.45) is 0 Å². The van der Waals surface area contributed by atoms with Gasteiger partial charge in [-0.1, -0.05) is 20.8 Å². The van der Waals surface area contributed by atoms with E-state index >= 15 is 0 Å². The van der Waals surface area contributed by atoms with Crippen molar-refractivity contribution in [1.82, 2.24) is 4.90 Å². The number of hydrogen-bond acceptors (Lipinski definition) is 3. The van der Waals surface area contributed by atoms with Gasteiger partial charge in [-0.15, -0.1) is 0 Å². The van der Waals surface area contributed by atoms with Crippen molar-refractivity contribution in [2.45, 2.75) is 27.2 Å². The normalized spacial score (nSPS) is 9.50. The highest BCUT2D eigenvalue weighted by molar-refractivity contribution is 5.66. The first-order chi connectivity index (χ1) is 6.70. The molecule has 0 fully saturated rings. The fourth-order valence-corrected chi connectivity index (χ4v) is 0.902. The van der Waals surface area contributed by atoms with Crippen LogP contribution in [0.5, 0.6) is 0 Å². The maximum Gasteiger partial charge on any atom is 0.304 e. The van der Waals surface area contributed by atoms with Crippen LogP contribution in [-0.2, 0) is 9.53 Å². The summed E-state index contributed by atoms with van der Waals surface area (Å²) in [6.45, 7) is 8.96. The number of aliphatic carboxylic acids is 1. The molecule has 0 amide bonds. The zero-order chi connectivity index (χ0) is 11.4. The molecular formula is C10H23NO3. The largest absolute Gasteiger partial charge is 0.481 e. The minimum absolute atomic E-state index is 0.206. The molecule has 0 aromatic rings. The van der Waals surface area contributed by atoms with Gasteiger partial charge < -0.3 is 14.7 Å². The summed E-state index contributed by atoms with van der Waals surface area (Å²) in [5, 5.41) is 8.43. The number of carboxylic acid groups (broad SMARTS) is 1. The van der Waals surface area contributed by atoms with Gasteiger partial charge in [-0.2, -0.15) is 0 Å². The first-order valence-electron chi connectivity index (χ1n) is 5.13. The van der Waals surface area contributed by atoms with E-state index in [1.807, 2.05) is 20.8 Å². The molecule has 0 radical (unpaired) electrons. The molecule has 0 aliphatic rings. The Bertz CT molecular complexity index is 129. The van der Waals surface area contributed by atoms with Crippen molar-refractivity contribution in [3.05, 3.63) is 0 Å². The average molecular weight is 205 g/mol.